The molecule has 0 atom stereocenters. The van der Waals surface area contributed by atoms with E-state index in [9.17, 15) is 8.42 Å². The number of sulfonamides is 1. The number of anilines is 2. The maximum absolute atomic E-state index is 15.8. The molecule has 1 aromatic carbocycles. The first-order valence-electron chi connectivity index (χ1n) is 13.4. The highest BCUT2D eigenvalue weighted by molar-refractivity contribution is 7.92. The van der Waals surface area contributed by atoms with Gasteiger partial charge in [-0.05, 0) is 50.1 Å². The second kappa shape index (κ2) is 11.5. The van der Waals surface area contributed by atoms with Gasteiger partial charge in [0, 0.05) is 57.3 Å². The number of hydrogen-bond donors (Lipinski definition) is 1. The Morgan fingerprint density at radius 2 is 1.82 bits per heavy atom. The van der Waals surface area contributed by atoms with Gasteiger partial charge in [0.1, 0.15) is 23.6 Å². The highest BCUT2D eigenvalue weighted by Gasteiger charge is 2.25. The number of halogens is 2. The molecule has 5 rings (SSSR count). The molecule has 4 aromatic rings. The fourth-order valence-corrected chi connectivity index (χ4v) is 6.39. The lowest BCUT2D eigenvalue weighted by Crippen LogP contribution is -2.43. The van der Waals surface area contributed by atoms with Gasteiger partial charge in [-0.25, -0.2) is 32.2 Å². The number of piperidine rings is 1. The zero-order valence-corrected chi connectivity index (χ0v) is 23.6. The summed E-state index contributed by atoms with van der Waals surface area (Å²) < 4.78 is 59.4. The second-order valence-electron chi connectivity index (χ2n) is 10.0. The number of nitrogens with zero attached hydrogens (tertiary/aromatic N) is 6. The van der Waals surface area contributed by atoms with Crippen molar-refractivity contribution in [2.24, 2.45) is 0 Å². The Bertz CT molecular complexity index is 1610. The van der Waals surface area contributed by atoms with Crippen LogP contribution < -0.4 is 9.62 Å². The van der Waals surface area contributed by atoms with Gasteiger partial charge in [-0.3, -0.25) is 4.72 Å². The van der Waals surface area contributed by atoms with Crippen molar-refractivity contribution in [2.75, 3.05) is 42.1 Å². The molecule has 0 saturated carbocycles. The van der Waals surface area contributed by atoms with E-state index in [1.54, 1.807) is 31.6 Å². The van der Waals surface area contributed by atoms with Crippen molar-refractivity contribution in [3.63, 3.8) is 0 Å². The molecule has 4 heterocycles. The van der Waals surface area contributed by atoms with E-state index >= 15 is 8.78 Å². The summed E-state index contributed by atoms with van der Waals surface area (Å²) >= 11 is 0. The topological polar surface area (TPSA) is 96.2 Å². The summed E-state index contributed by atoms with van der Waals surface area (Å²) in [5.74, 6) is -1.29. The summed E-state index contributed by atoms with van der Waals surface area (Å²) in [6.45, 7) is 6.95. The smallest absolute Gasteiger partial charge is 0.232 e. The number of nitrogens with one attached hydrogen (secondary N) is 1. The highest BCUT2D eigenvalue weighted by atomic mass is 32.2. The number of benzene rings is 1. The minimum Gasteiger partial charge on any atom is -0.357 e. The van der Waals surface area contributed by atoms with Gasteiger partial charge < -0.3 is 14.4 Å². The quantitative estimate of drug-likeness (QED) is 0.299. The van der Waals surface area contributed by atoms with Crippen molar-refractivity contribution >= 4 is 32.6 Å². The molecule has 0 unspecified atom stereocenters. The van der Waals surface area contributed by atoms with Crippen molar-refractivity contribution in [1.82, 2.24) is 24.4 Å². The Labute approximate surface area is 234 Å². The summed E-state index contributed by atoms with van der Waals surface area (Å²) in [5.41, 5.74) is 1.50. The molecule has 40 heavy (non-hydrogen) atoms. The van der Waals surface area contributed by atoms with E-state index in [1.807, 2.05) is 13.1 Å². The number of hydrogen-bond acceptors (Lipinski definition) is 7. The molecule has 1 aliphatic rings. The first-order chi connectivity index (χ1) is 19.2. The van der Waals surface area contributed by atoms with E-state index in [0.29, 0.717) is 34.6 Å². The molecule has 214 valence electrons. The Balaban J connectivity index is 0.00000387. The third-order valence-electron chi connectivity index (χ3n) is 7.46. The van der Waals surface area contributed by atoms with Gasteiger partial charge in [-0.2, -0.15) is 0 Å². The van der Waals surface area contributed by atoms with Crippen LogP contribution in [0.2, 0.25) is 0 Å². The molecule has 1 N–H and O–H groups in total. The average molecular weight is 572 g/mol. The van der Waals surface area contributed by atoms with E-state index in [2.05, 4.69) is 31.4 Å². The van der Waals surface area contributed by atoms with E-state index in [-0.39, 0.29) is 12.9 Å². The Hall–Kier alpha value is -3.64. The summed E-state index contributed by atoms with van der Waals surface area (Å²) in [6, 6.07) is 6.10. The van der Waals surface area contributed by atoms with Crippen molar-refractivity contribution in [1.29, 1.82) is 0 Å². The van der Waals surface area contributed by atoms with E-state index in [0.717, 1.165) is 50.4 Å². The standard InChI is InChI=1S/C28H33F2N7O2S.H2/c1-4-14-40(38,39)34-23-7-6-22(29)28(26(23)30)37-17-21(19-15-31-18-32-16-19)27-24(37)8-9-25(33-27)35(3)20-10-12-36(5-2)13-11-20;/h6-9,15-18,20,34H,4-5,10-14H2,1-3H3;1H. The van der Waals surface area contributed by atoms with Gasteiger partial charge in [-0.15, -0.1) is 0 Å². The molecular weight excluding hydrogens is 536 g/mol. The van der Waals surface area contributed by atoms with Crippen LogP contribution in [0, 0.1) is 11.6 Å². The van der Waals surface area contributed by atoms with Crippen LogP contribution in [0.5, 0.6) is 0 Å². The Morgan fingerprint density at radius 3 is 2.50 bits per heavy atom. The molecular formula is C28H35F2N7O2S. The lowest BCUT2D eigenvalue weighted by atomic mass is 10.0. The molecule has 0 spiro atoms. The van der Waals surface area contributed by atoms with E-state index in [1.165, 1.54) is 10.9 Å². The van der Waals surface area contributed by atoms with Crippen LogP contribution in [0.1, 0.15) is 34.5 Å². The second-order valence-corrected chi connectivity index (χ2v) is 11.9. The molecule has 0 aliphatic carbocycles. The fraction of sp³-hybridized carbons (Fsp3) is 0.393. The predicted molar refractivity (Wildman–Crippen MR) is 155 cm³/mol. The van der Waals surface area contributed by atoms with Gasteiger partial charge in [0.05, 0.1) is 22.5 Å². The number of likely N-dealkylation sites (tertiary alicyclic amines) is 1. The normalized spacial score (nSPS) is 15.0. The van der Waals surface area contributed by atoms with Gasteiger partial charge in [-0.1, -0.05) is 13.8 Å². The molecule has 12 heteroatoms. The largest absolute Gasteiger partial charge is 0.357 e. The molecule has 0 radical (unpaired) electrons. The molecule has 1 fully saturated rings. The number of aromatic nitrogens is 4. The number of fused-ring (bicyclic) bond motifs is 1. The first-order valence-corrected chi connectivity index (χ1v) is 15.1. The molecule has 1 saturated heterocycles. The maximum atomic E-state index is 15.8. The lowest BCUT2D eigenvalue weighted by Gasteiger charge is -2.36. The lowest BCUT2D eigenvalue weighted by molar-refractivity contribution is 0.220. The summed E-state index contributed by atoms with van der Waals surface area (Å²) in [4.78, 5) is 17.8. The Morgan fingerprint density at radius 1 is 1.10 bits per heavy atom. The van der Waals surface area contributed by atoms with E-state index < -0.39 is 27.3 Å². The van der Waals surface area contributed by atoms with Gasteiger partial charge in [0.25, 0.3) is 0 Å². The molecule has 3 aromatic heterocycles. The third-order valence-corrected chi connectivity index (χ3v) is 8.94. The van der Waals surface area contributed by atoms with Crippen LogP contribution in [0.4, 0.5) is 20.3 Å². The van der Waals surface area contributed by atoms with Gasteiger partial charge in [0.15, 0.2) is 5.82 Å². The first kappa shape index (κ1) is 27.9. The highest BCUT2D eigenvalue weighted by Crippen LogP contribution is 2.36. The minimum absolute atomic E-state index is 0. The minimum atomic E-state index is -3.79. The summed E-state index contributed by atoms with van der Waals surface area (Å²) in [6.07, 6.45) is 8.62. The third kappa shape index (κ3) is 5.50. The van der Waals surface area contributed by atoms with Gasteiger partial charge >= 0.3 is 0 Å². The average Bonchev–Trinajstić information content (AvgIpc) is 3.33. The summed E-state index contributed by atoms with van der Waals surface area (Å²) in [7, 11) is -1.77. The maximum Gasteiger partial charge on any atom is 0.232 e. The van der Waals surface area contributed by atoms with Crippen LogP contribution in [0.3, 0.4) is 0 Å². The zero-order chi connectivity index (χ0) is 28.4. The van der Waals surface area contributed by atoms with Crippen LogP contribution >= 0.6 is 0 Å². The summed E-state index contributed by atoms with van der Waals surface area (Å²) in [5, 5.41) is 0. The monoisotopic (exact) mass is 571 g/mol. The van der Waals surface area contributed by atoms with Gasteiger partial charge in [0.2, 0.25) is 10.0 Å². The zero-order valence-electron chi connectivity index (χ0n) is 22.8. The predicted octanol–water partition coefficient (Wildman–Crippen LogP) is 5.08. The molecule has 0 amide bonds. The molecule has 0 bridgehead atoms. The number of rotatable bonds is 9. The van der Waals surface area contributed by atoms with Crippen molar-refractivity contribution in [3.8, 4) is 16.8 Å². The van der Waals surface area contributed by atoms with Crippen LogP contribution in [-0.4, -0.2) is 71.3 Å². The van der Waals surface area contributed by atoms with Crippen LogP contribution in [0.15, 0.2) is 49.2 Å². The van der Waals surface area contributed by atoms with Crippen molar-refractivity contribution in [3.05, 3.63) is 60.8 Å². The van der Waals surface area contributed by atoms with E-state index in [4.69, 9.17) is 4.98 Å². The van der Waals surface area contributed by atoms with Crippen molar-refractivity contribution in [2.45, 2.75) is 39.2 Å². The van der Waals surface area contributed by atoms with Crippen LogP contribution in [0.25, 0.3) is 27.8 Å². The molecule has 1 aliphatic heterocycles. The van der Waals surface area contributed by atoms with Crippen LogP contribution in [-0.2, 0) is 10.0 Å². The Kier molecular flexibility index (Phi) is 7.99. The molecule has 9 nitrogen and oxygen atoms in total. The SMILES string of the molecule is CCCS(=O)(=O)Nc1ccc(F)c(-n2cc(-c3cncnc3)c3nc(N(C)C4CCN(CC)CC4)ccc32)c1F.[HH]. The fourth-order valence-electron chi connectivity index (χ4n) is 5.26. The number of pyridine rings is 1. The van der Waals surface area contributed by atoms with Crippen molar-refractivity contribution < 1.29 is 18.6 Å².